The Labute approximate surface area is 224 Å². The van der Waals surface area contributed by atoms with Crippen molar-refractivity contribution in [1.29, 1.82) is 0 Å². The monoisotopic (exact) mass is 523 g/mol. The Morgan fingerprint density at radius 3 is 2.35 bits per heavy atom. The maximum Gasteiger partial charge on any atom is 0.329 e. The van der Waals surface area contributed by atoms with Crippen LogP contribution in [0.4, 0.5) is 4.39 Å². The summed E-state index contributed by atoms with van der Waals surface area (Å²) in [6.07, 6.45) is 6.67. The first kappa shape index (κ1) is 25.9. The average Bonchev–Trinajstić information content (AvgIpc) is 3.20. The molecular weight excluding hydrogens is 485 g/mol. The van der Waals surface area contributed by atoms with Gasteiger partial charge in [0.05, 0.1) is 17.1 Å². The van der Waals surface area contributed by atoms with Crippen molar-refractivity contribution in [3.05, 3.63) is 70.4 Å². The van der Waals surface area contributed by atoms with Gasteiger partial charge in [0, 0.05) is 25.7 Å². The lowest BCUT2D eigenvalue weighted by molar-refractivity contribution is 0.222. The second kappa shape index (κ2) is 11.8. The zero-order valence-corrected chi connectivity index (χ0v) is 22.6. The summed E-state index contributed by atoms with van der Waals surface area (Å²) >= 11 is 5.70. The van der Waals surface area contributed by atoms with Gasteiger partial charge >= 0.3 is 5.69 Å². The van der Waals surface area contributed by atoms with Gasteiger partial charge in [0.25, 0.3) is 0 Å². The summed E-state index contributed by atoms with van der Waals surface area (Å²) in [5, 5.41) is 4.10. The Kier molecular flexibility index (Phi) is 8.25. The molecule has 37 heavy (non-hydrogen) atoms. The van der Waals surface area contributed by atoms with E-state index in [-0.39, 0.29) is 23.6 Å². The summed E-state index contributed by atoms with van der Waals surface area (Å²) in [4.78, 5) is 18.4. The molecule has 3 heterocycles. The Balaban J connectivity index is 1.22. The van der Waals surface area contributed by atoms with Crippen molar-refractivity contribution in [3.8, 4) is 0 Å². The minimum atomic E-state index is -0.237. The third kappa shape index (κ3) is 5.91. The SMILES string of the molecule is CC(NC(=S)N1CCC(n2c(=O)n(CCCN3CCCCC3)c3ccccc32)CC1)c1ccc(F)cc1. The number of nitrogens with zero attached hydrogens (tertiary/aromatic N) is 4. The van der Waals surface area contributed by atoms with E-state index in [1.165, 1.54) is 44.5 Å². The second-order valence-corrected chi connectivity index (χ2v) is 10.9. The lowest BCUT2D eigenvalue weighted by Crippen LogP contribution is -2.46. The van der Waals surface area contributed by atoms with Crippen LogP contribution < -0.4 is 11.0 Å². The van der Waals surface area contributed by atoms with E-state index < -0.39 is 0 Å². The summed E-state index contributed by atoms with van der Waals surface area (Å²) in [6.45, 7) is 7.83. The Morgan fingerprint density at radius 2 is 1.65 bits per heavy atom. The second-order valence-electron chi connectivity index (χ2n) is 10.5. The fourth-order valence-corrected chi connectivity index (χ4v) is 6.23. The lowest BCUT2D eigenvalue weighted by atomic mass is 10.0. The Hall–Kier alpha value is -2.71. The molecule has 2 saturated heterocycles. The van der Waals surface area contributed by atoms with Crippen LogP contribution in [0.3, 0.4) is 0 Å². The number of nitrogens with one attached hydrogen (secondary N) is 1. The van der Waals surface area contributed by atoms with E-state index in [1.807, 2.05) is 28.2 Å². The van der Waals surface area contributed by atoms with Gasteiger partial charge in [-0.1, -0.05) is 30.7 Å². The first-order valence-corrected chi connectivity index (χ1v) is 14.1. The third-order valence-corrected chi connectivity index (χ3v) is 8.38. The number of aromatic nitrogens is 2. The molecule has 8 heteroatoms. The summed E-state index contributed by atoms with van der Waals surface area (Å²) in [5.74, 6) is -0.237. The van der Waals surface area contributed by atoms with E-state index in [2.05, 4.69) is 27.2 Å². The standard InChI is InChI=1S/C29H38FN5OS/c1-22(23-10-12-24(30)13-11-23)31-28(37)33-20-14-25(15-21-33)35-27-9-4-3-8-26(27)34(29(35)36)19-7-18-32-16-5-2-6-17-32/h3-4,8-13,22,25H,2,5-7,14-21H2,1H3,(H,31,37). The van der Waals surface area contributed by atoms with Gasteiger partial charge in [-0.2, -0.15) is 0 Å². The number of rotatable bonds is 7. The largest absolute Gasteiger partial charge is 0.356 e. The molecule has 1 unspecified atom stereocenters. The van der Waals surface area contributed by atoms with Crippen molar-refractivity contribution in [2.24, 2.45) is 0 Å². The van der Waals surface area contributed by atoms with E-state index in [9.17, 15) is 9.18 Å². The van der Waals surface area contributed by atoms with Crippen LogP contribution >= 0.6 is 12.2 Å². The van der Waals surface area contributed by atoms with E-state index >= 15 is 0 Å². The fraction of sp³-hybridized carbons (Fsp3) is 0.517. The van der Waals surface area contributed by atoms with Gasteiger partial charge in [0.15, 0.2) is 5.11 Å². The number of hydrogen-bond acceptors (Lipinski definition) is 3. The van der Waals surface area contributed by atoms with Crippen LogP contribution in [0.15, 0.2) is 53.3 Å². The molecule has 2 aliphatic heterocycles. The molecule has 2 fully saturated rings. The van der Waals surface area contributed by atoms with Crippen molar-refractivity contribution in [1.82, 2.24) is 24.3 Å². The van der Waals surface area contributed by atoms with Gasteiger partial charge in [0.2, 0.25) is 0 Å². The van der Waals surface area contributed by atoms with Gasteiger partial charge in [-0.15, -0.1) is 0 Å². The van der Waals surface area contributed by atoms with Gasteiger partial charge in [-0.05, 0) is 101 Å². The minimum Gasteiger partial charge on any atom is -0.356 e. The normalized spacial score (nSPS) is 18.3. The molecule has 1 aromatic heterocycles. The highest BCUT2D eigenvalue weighted by molar-refractivity contribution is 7.80. The van der Waals surface area contributed by atoms with Crippen molar-refractivity contribution in [2.75, 3.05) is 32.7 Å². The predicted molar refractivity (Wildman–Crippen MR) is 151 cm³/mol. The molecule has 0 spiro atoms. The smallest absolute Gasteiger partial charge is 0.329 e. The fourth-order valence-electron chi connectivity index (χ4n) is 5.88. The lowest BCUT2D eigenvalue weighted by Gasteiger charge is -2.35. The molecule has 0 saturated carbocycles. The van der Waals surface area contributed by atoms with Gasteiger partial charge in [-0.3, -0.25) is 9.13 Å². The molecule has 2 aliphatic rings. The first-order valence-electron chi connectivity index (χ1n) is 13.7. The summed E-state index contributed by atoms with van der Waals surface area (Å²) in [6, 6.07) is 14.9. The predicted octanol–water partition coefficient (Wildman–Crippen LogP) is 5.09. The highest BCUT2D eigenvalue weighted by atomic mass is 32.1. The molecule has 0 radical (unpaired) electrons. The van der Waals surface area contributed by atoms with Crippen molar-refractivity contribution in [3.63, 3.8) is 0 Å². The molecular formula is C29H38FN5OS. The van der Waals surface area contributed by atoms with Gasteiger partial charge < -0.3 is 15.1 Å². The number of thiocarbonyl (C=S) groups is 1. The zero-order chi connectivity index (χ0) is 25.8. The molecule has 0 bridgehead atoms. The number of fused-ring (bicyclic) bond motifs is 1. The van der Waals surface area contributed by atoms with Gasteiger partial charge in [0.1, 0.15) is 5.82 Å². The van der Waals surface area contributed by atoms with Crippen molar-refractivity contribution >= 4 is 28.4 Å². The van der Waals surface area contributed by atoms with E-state index in [4.69, 9.17) is 12.2 Å². The van der Waals surface area contributed by atoms with Crippen molar-refractivity contribution < 1.29 is 4.39 Å². The van der Waals surface area contributed by atoms with Gasteiger partial charge in [-0.25, -0.2) is 9.18 Å². The summed E-state index contributed by atoms with van der Waals surface area (Å²) in [7, 11) is 0. The summed E-state index contributed by atoms with van der Waals surface area (Å²) in [5.41, 5.74) is 3.19. The number of imidazole rings is 1. The molecule has 1 N–H and O–H groups in total. The van der Waals surface area contributed by atoms with Crippen LogP contribution in [-0.2, 0) is 6.54 Å². The van der Waals surface area contributed by atoms with Crippen LogP contribution in [0.25, 0.3) is 11.0 Å². The molecule has 6 nitrogen and oxygen atoms in total. The van der Waals surface area contributed by atoms with E-state index in [0.29, 0.717) is 5.11 Å². The molecule has 5 rings (SSSR count). The van der Waals surface area contributed by atoms with E-state index in [1.54, 1.807) is 12.1 Å². The van der Waals surface area contributed by atoms with Crippen LogP contribution in [0.5, 0.6) is 0 Å². The number of benzene rings is 2. The highest BCUT2D eigenvalue weighted by Gasteiger charge is 2.26. The van der Waals surface area contributed by atoms with Crippen molar-refractivity contribution in [2.45, 2.75) is 64.1 Å². The number of para-hydroxylation sites is 2. The quantitative estimate of drug-likeness (QED) is 0.437. The maximum absolute atomic E-state index is 13.6. The van der Waals surface area contributed by atoms with Crippen LogP contribution in [0.1, 0.15) is 63.1 Å². The first-order chi connectivity index (χ1) is 18.0. The maximum atomic E-state index is 13.6. The number of halogens is 1. The third-order valence-electron chi connectivity index (χ3n) is 8.00. The number of hydrogen-bond donors (Lipinski definition) is 1. The van der Waals surface area contributed by atoms with Crippen LogP contribution in [0, 0.1) is 5.82 Å². The average molecular weight is 524 g/mol. The van der Waals surface area contributed by atoms with Crippen LogP contribution in [-0.4, -0.2) is 56.8 Å². The molecule has 0 aliphatic carbocycles. The Bertz CT molecular complexity index is 1260. The molecule has 198 valence electrons. The molecule has 2 aromatic carbocycles. The number of aryl methyl sites for hydroxylation is 1. The highest BCUT2D eigenvalue weighted by Crippen LogP contribution is 2.26. The zero-order valence-electron chi connectivity index (χ0n) is 21.7. The number of likely N-dealkylation sites (tertiary alicyclic amines) is 2. The topological polar surface area (TPSA) is 45.4 Å². The molecule has 0 amide bonds. The molecule has 1 atom stereocenters. The Morgan fingerprint density at radius 1 is 0.973 bits per heavy atom. The summed E-state index contributed by atoms with van der Waals surface area (Å²) < 4.78 is 17.3. The molecule has 3 aromatic rings. The minimum absolute atomic E-state index is 0.00337. The van der Waals surface area contributed by atoms with E-state index in [0.717, 1.165) is 62.0 Å². The number of piperidine rings is 2. The van der Waals surface area contributed by atoms with Crippen LogP contribution in [0.2, 0.25) is 0 Å².